The van der Waals surface area contributed by atoms with Gasteiger partial charge in [0.25, 0.3) is 0 Å². The van der Waals surface area contributed by atoms with Gasteiger partial charge < -0.3 is 10.5 Å². The second-order valence-electron chi connectivity index (χ2n) is 3.03. The number of hydrogen-bond acceptors (Lipinski definition) is 2. The van der Waals surface area contributed by atoms with Crippen LogP contribution in [-0.4, -0.2) is 6.10 Å². The first kappa shape index (κ1) is 11.1. The maximum atomic E-state index is 5.99. The van der Waals surface area contributed by atoms with Crippen LogP contribution in [-0.2, 0) is 6.54 Å². The third-order valence-electron chi connectivity index (χ3n) is 1.88. The molecule has 0 amide bonds. The van der Waals surface area contributed by atoms with E-state index >= 15 is 0 Å². The minimum atomic E-state index is -0.0452. The zero-order valence-corrected chi connectivity index (χ0v) is 8.92. The predicted molar refractivity (Wildman–Crippen MR) is 59.6 cm³/mol. The van der Waals surface area contributed by atoms with E-state index in [0.717, 1.165) is 5.56 Å². The Morgan fingerprint density at radius 2 is 2.36 bits per heavy atom. The summed E-state index contributed by atoms with van der Waals surface area (Å²) in [5, 5.41) is 0.585. The number of halogens is 1. The van der Waals surface area contributed by atoms with Crippen molar-refractivity contribution in [2.75, 3.05) is 0 Å². The second kappa shape index (κ2) is 5.03. The molecular formula is C11H14ClNO. The molecule has 2 nitrogen and oxygen atoms in total. The molecule has 76 valence electrons. The maximum Gasteiger partial charge on any atom is 0.138 e. The van der Waals surface area contributed by atoms with Gasteiger partial charge in [-0.25, -0.2) is 0 Å². The highest BCUT2D eigenvalue weighted by Crippen LogP contribution is 2.26. The number of ether oxygens (including phenoxy) is 1. The summed E-state index contributed by atoms with van der Waals surface area (Å²) in [6.07, 6.45) is 1.67. The van der Waals surface area contributed by atoms with Crippen LogP contribution in [0.3, 0.4) is 0 Å². The van der Waals surface area contributed by atoms with Gasteiger partial charge >= 0.3 is 0 Å². The minimum Gasteiger partial charge on any atom is -0.485 e. The summed E-state index contributed by atoms with van der Waals surface area (Å²) in [6, 6.07) is 5.54. The van der Waals surface area contributed by atoms with Gasteiger partial charge in [-0.05, 0) is 24.6 Å². The van der Waals surface area contributed by atoms with Crippen LogP contribution in [0.4, 0.5) is 0 Å². The summed E-state index contributed by atoms with van der Waals surface area (Å²) in [4.78, 5) is 0. The molecular weight excluding hydrogens is 198 g/mol. The third-order valence-corrected chi connectivity index (χ3v) is 2.17. The first-order chi connectivity index (χ1) is 6.67. The topological polar surface area (TPSA) is 35.2 Å². The van der Waals surface area contributed by atoms with Crippen LogP contribution in [0.15, 0.2) is 30.9 Å². The molecule has 0 heterocycles. The number of benzene rings is 1. The molecule has 1 aromatic carbocycles. The molecule has 0 saturated heterocycles. The fourth-order valence-corrected chi connectivity index (χ4v) is 1.26. The number of rotatable bonds is 4. The van der Waals surface area contributed by atoms with Gasteiger partial charge in [0, 0.05) is 6.54 Å². The Morgan fingerprint density at radius 1 is 1.64 bits per heavy atom. The van der Waals surface area contributed by atoms with Crippen LogP contribution in [0.5, 0.6) is 5.75 Å². The standard InChI is InChI=1S/C11H14ClNO/c1-3-8(2)14-11-5-4-9(7-13)6-10(11)12/h3-6,8H,1,7,13H2,2H3. The van der Waals surface area contributed by atoms with Crippen molar-refractivity contribution in [3.05, 3.63) is 41.4 Å². The molecule has 1 rings (SSSR count). The van der Waals surface area contributed by atoms with E-state index in [2.05, 4.69) is 6.58 Å². The van der Waals surface area contributed by atoms with Crippen molar-refractivity contribution in [1.29, 1.82) is 0 Å². The third kappa shape index (κ3) is 2.76. The monoisotopic (exact) mass is 211 g/mol. The molecule has 0 aliphatic carbocycles. The van der Waals surface area contributed by atoms with Crippen LogP contribution in [0, 0.1) is 0 Å². The lowest BCUT2D eigenvalue weighted by Crippen LogP contribution is -2.07. The van der Waals surface area contributed by atoms with Crippen LogP contribution in [0.1, 0.15) is 12.5 Å². The molecule has 0 fully saturated rings. The van der Waals surface area contributed by atoms with E-state index in [4.69, 9.17) is 22.1 Å². The van der Waals surface area contributed by atoms with Crippen LogP contribution < -0.4 is 10.5 Å². The summed E-state index contributed by atoms with van der Waals surface area (Å²) < 4.78 is 5.50. The lowest BCUT2D eigenvalue weighted by molar-refractivity contribution is 0.270. The Labute approximate surface area is 89.3 Å². The van der Waals surface area contributed by atoms with Crippen molar-refractivity contribution in [2.45, 2.75) is 19.6 Å². The Bertz CT molecular complexity index is 325. The highest BCUT2D eigenvalue weighted by Gasteiger charge is 2.04. The van der Waals surface area contributed by atoms with Crippen LogP contribution >= 0.6 is 11.6 Å². The Kier molecular flexibility index (Phi) is 3.98. The van der Waals surface area contributed by atoms with Gasteiger partial charge in [0.15, 0.2) is 0 Å². The van der Waals surface area contributed by atoms with Crippen molar-refractivity contribution in [3.8, 4) is 5.75 Å². The van der Waals surface area contributed by atoms with Crippen LogP contribution in [0.25, 0.3) is 0 Å². The second-order valence-corrected chi connectivity index (χ2v) is 3.43. The van der Waals surface area contributed by atoms with E-state index in [9.17, 15) is 0 Å². The minimum absolute atomic E-state index is 0.0452. The van der Waals surface area contributed by atoms with E-state index in [1.54, 1.807) is 6.08 Å². The average molecular weight is 212 g/mol. The zero-order valence-electron chi connectivity index (χ0n) is 8.16. The summed E-state index contributed by atoms with van der Waals surface area (Å²) >= 11 is 5.99. The van der Waals surface area contributed by atoms with Gasteiger partial charge in [0.2, 0.25) is 0 Å². The highest BCUT2D eigenvalue weighted by atomic mass is 35.5. The van der Waals surface area contributed by atoms with E-state index in [1.165, 1.54) is 0 Å². The van der Waals surface area contributed by atoms with Crippen LogP contribution in [0.2, 0.25) is 5.02 Å². The SMILES string of the molecule is C=CC(C)Oc1ccc(CN)cc1Cl. The van der Waals surface area contributed by atoms with Gasteiger partial charge in [-0.15, -0.1) is 0 Å². The maximum absolute atomic E-state index is 5.99. The molecule has 0 aromatic heterocycles. The molecule has 3 heteroatoms. The molecule has 1 aromatic rings. The summed E-state index contributed by atoms with van der Waals surface area (Å²) in [5.41, 5.74) is 6.47. The molecule has 1 unspecified atom stereocenters. The van der Waals surface area contributed by atoms with E-state index in [0.29, 0.717) is 17.3 Å². The average Bonchev–Trinajstić information content (AvgIpc) is 2.20. The first-order valence-corrected chi connectivity index (χ1v) is 4.83. The van der Waals surface area contributed by atoms with Gasteiger partial charge in [-0.1, -0.05) is 30.3 Å². The van der Waals surface area contributed by atoms with Gasteiger partial charge in [0.1, 0.15) is 11.9 Å². The lowest BCUT2D eigenvalue weighted by Gasteiger charge is -2.12. The van der Waals surface area contributed by atoms with Crippen molar-refractivity contribution in [1.82, 2.24) is 0 Å². The molecule has 0 aliphatic rings. The smallest absolute Gasteiger partial charge is 0.138 e. The fraction of sp³-hybridized carbons (Fsp3) is 0.273. The zero-order chi connectivity index (χ0) is 10.6. The van der Waals surface area contributed by atoms with Crippen molar-refractivity contribution in [2.24, 2.45) is 5.73 Å². The van der Waals surface area contributed by atoms with Crippen molar-refractivity contribution >= 4 is 11.6 Å². The first-order valence-electron chi connectivity index (χ1n) is 4.45. The largest absolute Gasteiger partial charge is 0.485 e. The summed E-state index contributed by atoms with van der Waals surface area (Å²) in [6.45, 7) is 6.02. The Hall–Kier alpha value is -0.990. The lowest BCUT2D eigenvalue weighted by atomic mass is 10.2. The number of hydrogen-bond donors (Lipinski definition) is 1. The molecule has 0 saturated carbocycles. The molecule has 0 aliphatic heterocycles. The van der Waals surface area contributed by atoms with E-state index in [-0.39, 0.29) is 6.10 Å². The molecule has 14 heavy (non-hydrogen) atoms. The van der Waals surface area contributed by atoms with Gasteiger partial charge in [-0.2, -0.15) is 0 Å². The van der Waals surface area contributed by atoms with Crippen molar-refractivity contribution < 1.29 is 4.74 Å². The Balaban J connectivity index is 2.83. The summed E-state index contributed by atoms with van der Waals surface area (Å²) in [5.74, 6) is 0.663. The number of nitrogens with two attached hydrogens (primary N) is 1. The molecule has 0 bridgehead atoms. The molecule has 1 atom stereocenters. The quantitative estimate of drug-likeness (QED) is 0.778. The summed E-state index contributed by atoms with van der Waals surface area (Å²) in [7, 11) is 0. The Morgan fingerprint density at radius 3 is 2.86 bits per heavy atom. The normalized spacial score (nSPS) is 12.2. The van der Waals surface area contributed by atoms with E-state index < -0.39 is 0 Å². The molecule has 2 N–H and O–H groups in total. The molecule has 0 spiro atoms. The van der Waals surface area contributed by atoms with E-state index in [1.807, 2.05) is 25.1 Å². The molecule has 0 radical (unpaired) electrons. The van der Waals surface area contributed by atoms with Crippen molar-refractivity contribution in [3.63, 3.8) is 0 Å². The highest BCUT2D eigenvalue weighted by molar-refractivity contribution is 6.32. The van der Waals surface area contributed by atoms with Gasteiger partial charge in [0.05, 0.1) is 5.02 Å². The van der Waals surface area contributed by atoms with Gasteiger partial charge in [-0.3, -0.25) is 0 Å². The fourth-order valence-electron chi connectivity index (χ4n) is 1.02. The predicted octanol–water partition coefficient (Wildman–Crippen LogP) is 2.75.